The Morgan fingerprint density at radius 1 is 0.952 bits per heavy atom. The van der Waals surface area contributed by atoms with Crippen molar-refractivity contribution in [2.45, 2.75) is 12.1 Å². The molecule has 2 aromatic carbocycles. The molecule has 2 N–H and O–H groups in total. The molecule has 21 heavy (non-hydrogen) atoms. The lowest BCUT2D eigenvalue weighted by Gasteiger charge is -2.45. The van der Waals surface area contributed by atoms with E-state index in [9.17, 15) is 4.79 Å². The van der Waals surface area contributed by atoms with Crippen molar-refractivity contribution < 1.29 is 4.79 Å². The van der Waals surface area contributed by atoms with Crippen molar-refractivity contribution in [2.75, 3.05) is 4.90 Å². The normalized spacial score (nSPS) is 21.3. The van der Waals surface area contributed by atoms with E-state index < -0.39 is 6.04 Å². The third-order valence-corrected chi connectivity index (χ3v) is 4.52. The summed E-state index contributed by atoms with van der Waals surface area (Å²) >= 11 is 17.8. The Kier molecular flexibility index (Phi) is 3.84. The smallest absolute Gasteiger partial charge is 0.247 e. The summed E-state index contributed by atoms with van der Waals surface area (Å²) in [5, 5.41) is 1.48. The minimum absolute atomic E-state index is 0.145. The molecule has 0 radical (unpaired) electrons. The number of hydrogen-bond acceptors (Lipinski definition) is 2. The highest BCUT2D eigenvalue weighted by atomic mass is 35.5. The van der Waals surface area contributed by atoms with Crippen molar-refractivity contribution in [3.05, 3.63) is 63.1 Å². The molecule has 1 heterocycles. The summed E-state index contributed by atoms with van der Waals surface area (Å²) in [6.07, 6.45) is 0. The monoisotopic (exact) mass is 340 g/mol. The number of hydrogen-bond donors (Lipinski definition) is 1. The minimum atomic E-state index is -0.569. The first-order valence-electron chi connectivity index (χ1n) is 6.28. The Labute approximate surface area is 137 Å². The molecule has 1 fully saturated rings. The number of benzene rings is 2. The number of halogens is 3. The van der Waals surface area contributed by atoms with Crippen LogP contribution < -0.4 is 10.6 Å². The molecule has 1 aliphatic heterocycles. The van der Waals surface area contributed by atoms with E-state index in [-0.39, 0.29) is 11.9 Å². The van der Waals surface area contributed by atoms with E-state index in [1.807, 2.05) is 12.1 Å². The first kappa shape index (κ1) is 14.7. The Bertz CT molecular complexity index is 703. The van der Waals surface area contributed by atoms with E-state index >= 15 is 0 Å². The third kappa shape index (κ3) is 2.51. The van der Waals surface area contributed by atoms with E-state index in [2.05, 4.69) is 0 Å². The summed E-state index contributed by atoms with van der Waals surface area (Å²) < 4.78 is 0. The fraction of sp³-hybridized carbons (Fsp3) is 0.133. The number of nitrogens with zero attached hydrogens (tertiary/aromatic N) is 1. The highest BCUT2D eigenvalue weighted by molar-refractivity contribution is 6.42. The molecule has 2 aromatic rings. The predicted octanol–water partition coefficient (Wildman–Crippen LogP) is 4.06. The van der Waals surface area contributed by atoms with Crippen LogP contribution in [0.5, 0.6) is 0 Å². The summed E-state index contributed by atoms with van der Waals surface area (Å²) in [5.74, 6) is -0.145. The topological polar surface area (TPSA) is 46.3 Å². The van der Waals surface area contributed by atoms with Gasteiger partial charge in [-0.15, -0.1) is 0 Å². The van der Waals surface area contributed by atoms with Crippen LogP contribution in [-0.4, -0.2) is 11.9 Å². The molecule has 108 valence electrons. The number of nitrogens with two attached hydrogens (primary N) is 1. The molecule has 0 bridgehead atoms. The van der Waals surface area contributed by atoms with Crippen LogP contribution in [0.4, 0.5) is 5.69 Å². The van der Waals surface area contributed by atoms with Crippen LogP contribution in [-0.2, 0) is 4.79 Å². The predicted molar refractivity (Wildman–Crippen MR) is 86.1 cm³/mol. The summed E-state index contributed by atoms with van der Waals surface area (Å²) in [4.78, 5) is 13.7. The molecule has 0 spiro atoms. The second kappa shape index (κ2) is 5.50. The van der Waals surface area contributed by atoms with Gasteiger partial charge in [-0.3, -0.25) is 4.79 Å². The van der Waals surface area contributed by atoms with Gasteiger partial charge in [-0.05, 0) is 35.9 Å². The zero-order valence-electron chi connectivity index (χ0n) is 10.8. The zero-order chi connectivity index (χ0) is 15.1. The highest BCUT2D eigenvalue weighted by Crippen LogP contribution is 2.40. The van der Waals surface area contributed by atoms with Gasteiger partial charge in [-0.2, -0.15) is 0 Å². The van der Waals surface area contributed by atoms with Gasteiger partial charge in [0.2, 0.25) is 5.91 Å². The van der Waals surface area contributed by atoms with Gasteiger partial charge >= 0.3 is 0 Å². The van der Waals surface area contributed by atoms with Crippen LogP contribution in [0.15, 0.2) is 42.5 Å². The van der Waals surface area contributed by atoms with Gasteiger partial charge in [0, 0.05) is 10.7 Å². The number of carbonyl (C=O) groups is 1. The minimum Gasteiger partial charge on any atom is -0.318 e. The second-order valence-electron chi connectivity index (χ2n) is 4.83. The molecule has 0 unspecified atom stereocenters. The average Bonchev–Trinajstić information content (AvgIpc) is 2.48. The van der Waals surface area contributed by atoms with E-state index in [4.69, 9.17) is 40.5 Å². The summed E-state index contributed by atoms with van der Waals surface area (Å²) in [5.41, 5.74) is 7.55. The molecule has 1 aliphatic rings. The average molecular weight is 342 g/mol. The van der Waals surface area contributed by atoms with Gasteiger partial charge in [0.15, 0.2) is 0 Å². The summed E-state index contributed by atoms with van der Waals surface area (Å²) in [6.45, 7) is 0. The van der Waals surface area contributed by atoms with Crippen molar-refractivity contribution in [1.82, 2.24) is 0 Å². The summed E-state index contributed by atoms with van der Waals surface area (Å²) in [7, 11) is 0. The molecular formula is C15H11Cl3N2O. The van der Waals surface area contributed by atoms with Gasteiger partial charge in [-0.1, -0.05) is 46.9 Å². The van der Waals surface area contributed by atoms with Crippen LogP contribution in [0, 0.1) is 0 Å². The van der Waals surface area contributed by atoms with E-state index in [1.165, 1.54) is 0 Å². The molecule has 1 saturated heterocycles. The number of amides is 1. The maximum absolute atomic E-state index is 12.1. The Morgan fingerprint density at radius 2 is 1.62 bits per heavy atom. The largest absolute Gasteiger partial charge is 0.318 e. The highest BCUT2D eigenvalue weighted by Gasteiger charge is 2.46. The fourth-order valence-corrected chi connectivity index (χ4v) is 2.87. The van der Waals surface area contributed by atoms with Gasteiger partial charge < -0.3 is 10.6 Å². The van der Waals surface area contributed by atoms with Gasteiger partial charge in [0.25, 0.3) is 0 Å². The Balaban J connectivity index is 1.98. The molecule has 0 aliphatic carbocycles. The SMILES string of the molecule is N[C@H]1C(=O)N(c2ccc(Cl)c(Cl)c2)[C@@H]1c1ccc(Cl)cc1. The number of β-lactam (4-membered cyclic amide) rings is 1. The maximum atomic E-state index is 12.1. The lowest BCUT2D eigenvalue weighted by molar-refractivity contribution is -0.126. The third-order valence-electron chi connectivity index (χ3n) is 3.53. The van der Waals surface area contributed by atoms with E-state index in [0.717, 1.165) is 5.56 Å². The molecule has 3 rings (SSSR count). The van der Waals surface area contributed by atoms with Gasteiger partial charge in [0.05, 0.1) is 16.1 Å². The van der Waals surface area contributed by atoms with Crippen LogP contribution >= 0.6 is 34.8 Å². The quantitative estimate of drug-likeness (QED) is 0.837. The van der Waals surface area contributed by atoms with Crippen molar-refractivity contribution in [2.24, 2.45) is 5.73 Å². The molecule has 2 atom stereocenters. The summed E-state index contributed by atoms with van der Waals surface area (Å²) in [6, 6.07) is 11.6. The van der Waals surface area contributed by atoms with Crippen molar-refractivity contribution >= 4 is 46.4 Å². The lowest BCUT2D eigenvalue weighted by Crippen LogP contribution is -2.63. The van der Waals surface area contributed by atoms with Crippen molar-refractivity contribution in [1.29, 1.82) is 0 Å². The Morgan fingerprint density at radius 3 is 2.24 bits per heavy atom. The van der Waals surface area contributed by atoms with E-state index in [1.54, 1.807) is 35.2 Å². The van der Waals surface area contributed by atoms with E-state index in [0.29, 0.717) is 20.8 Å². The maximum Gasteiger partial charge on any atom is 0.247 e. The second-order valence-corrected chi connectivity index (χ2v) is 6.08. The lowest BCUT2D eigenvalue weighted by atomic mass is 9.88. The fourth-order valence-electron chi connectivity index (χ4n) is 2.45. The van der Waals surface area contributed by atoms with Gasteiger partial charge in [0.1, 0.15) is 6.04 Å². The number of rotatable bonds is 2. The van der Waals surface area contributed by atoms with Crippen LogP contribution in [0.25, 0.3) is 0 Å². The zero-order valence-corrected chi connectivity index (χ0v) is 13.0. The van der Waals surface area contributed by atoms with Crippen LogP contribution in [0.2, 0.25) is 15.1 Å². The standard InChI is InChI=1S/C15H11Cl3N2O/c16-9-3-1-8(2-4-9)14-13(19)15(21)20(14)10-5-6-11(17)12(18)7-10/h1-7,13-14H,19H2/t13-,14-/m1/s1. The van der Waals surface area contributed by atoms with Gasteiger partial charge in [-0.25, -0.2) is 0 Å². The van der Waals surface area contributed by atoms with Crippen molar-refractivity contribution in [3.8, 4) is 0 Å². The molecule has 3 nitrogen and oxygen atoms in total. The first-order chi connectivity index (χ1) is 9.99. The Hall–Kier alpha value is -1.26. The molecule has 6 heteroatoms. The molecule has 0 saturated carbocycles. The molecule has 1 amide bonds. The van der Waals surface area contributed by atoms with Crippen LogP contribution in [0.1, 0.15) is 11.6 Å². The molecular weight excluding hydrogens is 331 g/mol. The van der Waals surface area contributed by atoms with Crippen LogP contribution in [0.3, 0.4) is 0 Å². The number of carbonyl (C=O) groups excluding carboxylic acids is 1. The van der Waals surface area contributed by atoms with Crippen molar-refractivity contribution in [3.63, 3.8) is 0 Å². The molecule has 0 aromatic heterocycles. The number of anilines is 1. The first-order valence-corrected chi connectivity index (χ1v) is 7.41.